The molecule has 0 aromatic carbocycles. The molecule has 1 atom stereocenters. The predicted octanol–water partition coefficient (Wildman–Crippen LogP) is 1.51. The lowest BCUT2D eigenvalue weighted by Crippen LogP contribution is -2.48. The molecular weight excluding hydrogens is 178 g/mol. The van der Waals surface area contributed by atoms with Crippen LogP contribution >= 0.6 is 0 Å². The molecule has 0 radical (unpaired) electrons. The quantitative estimate of drug-likeness (QED) is 0.636. The normalized spacial score (nSPS) is 29.4. The zero-order chi connectivity index (χ0) is 9.97. The molecule has 0 aromatic heterocycles. The van der Waals surface area contributed by atoms with Crippen LogP contribution in [-0.4, -0.2) is 29.2 Å². The minimum absolute atomic E-state index is 0.0726. The molecule has 0 aromatic rings. The number of Topliss-reactive ketones (excluding diaryl/α,β-unsaturated/α-hetero) is 1. The van der Waals surface area contributed by atoms with Gasteiger partial charge in [0.15, 0.2) is 5.78 Å². The van der Waals surface area contributed by atoms with Gasteiger partial charge < -0.3 is 4.90 Å². The minimum Gasteiger partial charge on any atom is -0.333 e. The lowest BCUT2D eigenvalue weighted by molar-refractivity contribution is -0.142. The van der Waals surface area contributed by atoms with Gasteiger partial charge in [-0.25, -0.2) is 0 Å². The third-order valence-corrected chi connectivity index (χ3v) is 3.26. The molecule has 3 heteroatoms. The molecule has 1 unspecified atom stereocenters. The van der Waals surface area contributed by atoms with Gasteiger partial charge in [-0.3, -0.25) is 9.59 Å². The van der Waals surface area contributed by atoms with Gasteiger partial charge in [-0.2, -0.15) is 0 Å². The number of hydrogen-bond donors (Lipinski definition) is 0. The number of carbonyl (C=O) groups excluding carboxylic acids is 2. The zero-order valence-corrected chi connectivity index (χ0v) is 8.50. The zero-order valence-electron chi connectivity index (χ0n) is 8.50. The van der Waals surface area contributed by atoms with Gasteiger partial charge in [0.1, 0.15) is 0 Å². The number of carbonyl (C=O) groups is 2. The molecule has 1 heterocycles. The maximum absolute atomic E-state index is 11.6. The summed E-state index contributed by atoms with van der Waals surface area (Å²) in [6.45, 7) is 0.801. The first-order valence-electron chi connectivity index (χ1n) is 5.61. The Balaban J connectivity index is 2.04. The van der Waals surface area contributed by atoms with Crippen molar-refractivity contribution in [2.75, 3.05) is 6.54 Å². The summed E-state index contributed by atoms with van der Waals surface area (Å²) < 4.78 is 0. The average Bonchev–Trinajstić information content (AvgIpc) is 2.20. The van der Waals surface area contributed by atoms with Gasteiger partial charge in [-0.05, 0) is 25.7 Å². The molecule has 1 saturated heterocycles. The number of nitrogens with zero attached hydrogens (tertiary/aromatic N) is 1. The molecule has 1 amide bonds. The van der Waals surface area contributed by atoms with E-state index in [-0.39, 0.29) is 17.7 Å². The van der Waals surface area contributed by atoms with E-state index in [9.17, 15) is 9.59 Å². The third kappa shape index (κ3) is 1.81. The molecule has 78 valence electrons. The van der Waals surface area contributed by atoms with E-state index in [1.807, 2.05) is 4.90 Å². The van der Waals surface area contributed by atoms with E-state index in [0.29, 0.717) is 12.8 Å². The first kappa shape index (κ1) is 9.69. The molecule has 2 rings (SSSR count). The molecule has 2 aliphatic rings. The van der Waals surface area contributed by atoms with E-state index < -0.39 is 0 Å². The Hall–Kier alpha value is -0.860. The van der Waals surface area contributed by atoms with Gasteiger partial charge in [0, 0.05) is 19.4 Å². The first-order valence-corrected chi connectivity index (χ1v) is 5.61. The van der Waals surface area contributed by atoms with Crippen LogP contribution in [0.3, 0.4) is 0 Å². The highest BCUT2D eigenvalue weighted by Gasteiger charge is 2.32. The van der Waals surface area contributed by atoms with Crippen LogP contribution in [0.15, 0.2) is 0 Å². The average molecular weight is 195 g/mol. The standard InChI is InChI=1S/C11H17NO2/c13-10-6-2-1-5-9(10)12-8-4-3-7-11(12)14/h9H,1-8H2. The molecule has 2 fully saturated rings. The molecule has 0 N–H and O–H groups in total. The van der Waals surface area contributed by atoms with E-state index in [4.69, 9.17) is 0 Å². The summed E-state index contributed by atoms with van der Waals surface area (Å²) in [7, 11) is 0. The van der Waals surface area contributed by atoms with Gasteiger partial charge in [0.2, 0.25) is 5.91 Å². The maximum Gasteiger partial charge on any atom is 0.223 e. The number of amides is 1. The van der Waals surface area contributed by atoms with Gasteiger partial charge in [0.05, 0.1) is 6.04 Å². The van der Waals surface area contributed by atoms with E-state index in [2.05, 4.69) is 0 Å². The van der Waals surface area contributed by atoms with Crippen molar-refractivity contribution in [3.05, 3.63) is 0 Å². The van der Waals surface area contributed by atoms with Gasteiger partial charge in [-0.15, -0.1) is 0 Å². The molecule has 14 heavy (non-hydrogen) atoms. The van der Waals surface area contributed by atoms with E-state index in [0.717, 1.165) is 38.6 Å². The second kappa shape index (κ2) is 4.11. The Labute approximate surface area is 84.5 Å². The lowest BCUT2D eigenvalue weighted by Gasteiger charge is -2.35. The molecule has 0 spiro atoms. The van der Waals surface area contributed by atoms with E-state index in [1.165, 1.54) is 0 Å². The molecule has 1 aliphatic heterocycles. The Morgan fingerprint density at radius 1 is 1.00 bits per heavy atom. The number of ketones is 1. The molecule has 3 nitrogen and oxygen atoms in total. The van der Waals surface area contributed by atoms with Crippen molar-refractivity contribution in [3.63, 3.8) is 0 Å². The highest BCUT2D eigenvalue weighted by molar-refractivity contribution is 5.89. The number of likely N-dealkylation sites (tertiary alicyclic amines) is 1. The SMILES string of the molecule is O=C1CCCCC1N1CCCCC1=O. The highest BCUT2D eigenvalue weighted by atomic mass is 16.2. The fraction of sp³-hybridized carbons (Fsp3) is 0.818. The van der Waals surface area contributed by atoms with Gasteiger partial charge >= 0.3 is 0 Å². The summed E-state index contributed by atoms with van der Waals surface area (Å²) in [5.74, 6) is 0.475. The summed E-state index contributed by atoms with van der Waals surface area (Å²) in [4.78, 5) is 25.1. The Bertz CT molecular complexity index is 224. The number of piperidine rings is 1. The van der Waals surface area contributed by atoms with E-state index >= 15 is 0 Å². The molecule has 0 bridgehead atoms. The molecule has 1 saturated carbocycles. The third-order valence-electron chi connectivity index (χ3n) is 3.26. The summed E-state index contributed by atoms with van der Waals surface area (Å²) in [5, 5.41) is 0. The van der Waals surface area contributed by atoms with Crippen molar-refractivity contribution in [1.29, 1.82) is 0 Å². The van der Waals surface area contributed by atoms with Crippen LogP contribution in [0.5, 0.6) is 0 Å². The minimum atomic E-state index is -0.0726. The summed E-state index contributed by atoms with van der Waals surface area (Å²) >= 11 is 0. The summed E-state index contributed by atoms with van der Waals surface area (Å²) in [5.41, 5.74) is 0. The van der Waals surface area contributed by atoms with Crippen molar-refractivity contribution in [2.24, 2.45) is 0 Å². The van der Waals surface area contributed by atoms with Crippen LogP contribution in [0.2, 0.25) is 0 Å². The van der Waals surface area contributed by atoms with Crippen LogP contribution in [0, 0.1) is 0 Å². The van der Waals surface area contributed by atoms with Crippen LogP contribution in [0.4, 0.5) is 0 Å². The van der Waals surface area contributed by atoms with Crippen molar-refractivity contribution in [3.8, 4) is 0 Å². The Kier molecular flexibility index (Phi) is 2.85. The van der Waals surface area contributed by atoms with Crippen LogP contribution in [0.25, 0.3) is 0 Å². The van der Waals surface area contributed by atoms with Crippen molar-refractivity contribution in [2.45, 2.75) is 51.0 Å². The van der Waals surface area contributed by atoms with Crippen LogP contribution in [0.1, 0.15) is 44.9 Å². The highest BCUT2D eigenvalue weighted by Crippen LogP contribution is 2.23. The molecular formula is C11H17NO2. The second-order valence-corrected chi connectivity index (χ2v) is 4.27. The second-order valence-electron chi connectivity index (χ2n) is 4.27. The fourth-order valence-corrected chi connectivity index (χ4v) is 2.45. The molecule has 1 aliphatic carbocycles. The van der Waals surface area contributed by atoms with Gasteiger partial charge in [0.25, 0.3) is 0 Å². The van der Waals surface area contributed by atoms with Crippen LogP contribution < -0.4 is 0 Å². The largest absolute Gasteiger partial charge is 0.333 e. The van der Waals surface area contributed by atoms with Gasteiger partial charge in [-0.1, -0.05) is 6.42 Å². The monoisotopic (exact) mass is 195 g/mol. The van der Waals surface area contributed by atoms with Crippen LogP contribution in [-0.2, 0) is 9.59 Å². The van der Waals surface area contributed by atoms with Crippen molar-refractivity contribution < 1.29 is 9.59 Å². The first-order chi connectivity index (χ1) is 6.79. The van der Waals surface area contributed by atoms with E-state index in [1.54, 1.807) is 0 Å². The number of hydrogen-bond acceptors (Lipinski definition) is 2. The Morgan fingerprint density at radius 2 is 1.79 bits per heavy atom. The maximum atomic E-state index is 11.6. The topological polar surface area (TPSA) is 37.4 Å². The lowest BCUT2D eigenvalue weighted by atomic mass is 9.91. The Morgan fingerprint density at radius 3 is 2.50 bits per heavy atom. The van der Waals surface area contributed by atoms with Crippen molar-refractivity contribution >= 4 is 11.7 Å². The summed E-state index contributed by atoms with van der Waals surface area (Å²) in [6, 6.07) is -0.0726. The summed E-state index contributed by atoms with van der Waals surface area (Å²) in [6.07, 6.45) is 6.38. The number of rotatable bonds is 1. The van der Waals surface area contributed by atoms with Crippen molar-refractivity contribution in [1.82, 2.24) is 4.90 Å². The predicted molar refractivity (Wildman–Crippen MR) is 52.8 cm³/mol. The smallest absolute Gasteiger partial charge is 0.223 e. The fourth-order valence-electron chi connectivity index (χ4n) is 2.45.